The van der Waals surface area contributed by atoms with E-state index in [0.29, 0.717) is 18.4 Å². The van der Waals surface area contributed by atoms with Crippen LogP contribution in [0.25, 0.3) is 0 Å². The summed E-state index contributed by atoms with van der Waals surface area (Å²) in [7, 11) is 0. The van der Waals surface area contributed by atoms with Crippen LogP contribution in [0.5, 0.6) is 0 Å². The van der Waals surface area contributed by atoms with E-state index >= 15 is 0 Å². The Morgan fingerprint density at radius 2 is 1.69 bits per heavy atom. The predicted octanol–water partition coefficient (Wildman–Crippen LogP) is 4.08. The highest BCUT2D eigenvalue weighted by molar-refractivity contribution is 5.67. The average molecular weight is 396 g/mol. The Labute approximate surface area is 174 Å². The van der Waals surface area contributed by atoms with Gasteiger partial charge in [-0.15, -0.1) is 0 Å². The summed E-state index contributed by atoms with van der Waals surface area (Å²) in [6.07, 6.45) is 0.636. The third kappa shape index (κ3) is 6.79. The molecule has 0 aromatic heterocycles. The van der Waals surface area contributed by atoms with Gasteiger partial charge in [0.05, 0.1) is 0 Å². The lowest BCUT2D eigenvalue weighted by molar-refractivity contribution is 0.0516. The van der Waals surface area contributed by atoms with E-state index in [1.165, 1.54) is 11.1 Å². The number of carbonyl (C=O) groups excluding carboxylic acids is 1. The van der Waals surface area contributed by atoms with Crippen LogP contribution < -0.4 is 11.1 Å². The molecule has 0 radical (unpaired) electrons. The SMILES string of the molecule is CC(C)(C)OC(=O)NC[C@H]1CN(Cc2ccccc2)C[C@H]1Cc1ccc(N)cc1. The van der Waals surface area contributed by atoms with Gasteiger partial charge in [0.2, 0.25) is 0 Å². The van der Waals surface area contributed by atoms with Crippen molar-refractivity contribution in [3.63, 3.8) is 0 Å². The van der Waals surface area contributed by atoms with Crippen molar-refractivity contribution in [2.75, 3.05) is 25.4 Å². The number of nitrogen functional groups attached to an aromatic ring is 1. The summed E-state index contributed by atoms with van der Waals surface area (Å²) in [5, 5.41) is 2.98. The highest BCUT2D eigenvalue weighted by Crippen LogP contribution is 2.28. The number of carbonyl (C=O) groups is 1. The summed E-state index contributed by atoms with van der Waals surface area (Å²) >= 11 is 0. The zero-order chi connectivity index (χ0) is 20.9. The Hall–Kier alpha value is -2.53. The van der Waals surface area contributed by atoms with Gasteiger partial charge in [0.1, 0.15) is 5.60 Å². The number of nitrogens with two attached hydrogens (primary N) is 1. The standard InChI is InChI=1S/C24H33N3O2/c1-24(2,3)29-23(28)26-14-21-17-27(15-19-7-5-4-6-8-19)16-20(21)13-18-9-11-22(25)12-10-18/h4-12,20-21H,13-17,25H2,1-3H3,(H,26,28)/t20-,21+/m1/s1. The molecule has 1 amide bonds. The lowest BCUT2D eigenvalue weighted by Gasteiger charge is -2.22. The third-order valence-corrected chi connectivity index (χ3v) is 5.29. The van der Waals surface area contributed by atoms with E-state index in [2.05, 4.69) is 46.6 Å². The molecule has 5 nitrogen and oxygen atoms in total. The van der Waals surface area contributed by atoms with Crippen molar-refractivity contribution in [3.8, 4) is 0 Å². The molecule has 1 aliphatic rings. The zero-order valence-electron chi connectivity index (χ0n) is 17.7. The minimum absolute atomic E-state index is 0.342. The van der Waals surface area contributed by atoms with Gasteiger partial charge in [0.15, 0.2) is 0 Å². The lowest BCUT2D eigenvalue weighted by Crippen LogP contribution is -2.37. The van der Waals surface area contributed by atoms with Crippen LogP contribution in [0.2, 0.25) is 0 Å². The predicted molar refractivity (Wildman–Crippen MR) is 117 cm³/mol. The molecule has 2 aromatic carbocycles. The Kier molecular flexibility index (Phi) is 6.80. The second-order valence-corrected chi connectivity index (χ2v) is 9.03. The maximum atomic E-state index is 12.1. The molecule has 0 bridgehead atoms. The van der Waals surface area contributed by atoms with Gasteiger partial charge >= 0.3 is 6.09 Å². The molecule has 3 rings (SSSR count). The maximum absolute atomic E-state index is 12.1. The molecule has 156 valence electrons. The van der Waals surface area contributed by atoms with Gasteiger partial charge < -0.3 is 15.8 Å². The number of alkyl carbamates (subject to hydrolysis) is 1. The normalized spacial score (nSPS) is 19.8. The fourth-order valence-corrected chi connectivity index (χ4v) is 3.95. The fraction of sp³-hybridized carbons (Fsp3) is 0.458. The minimum atomic E-state index is -0.484. The zero-order valence-corrected chi connectivity index (χ0v) is 17.7. The van der Waals surface area contributed by atoms with E-state index in [1.54, 1.807) is 0 Å². The number of ether oxygens (including phenoxy) is 1. The first-order valence-corrected chi connectivity index (χ1v) is 10.4. The molecular weight excluding hydrogens is 362 g/mol. The molecule has 1 heterocycles. The number of nitrogens with zero attached hydrogens (tertiary/aromatic N) is 1. The van der Waals surface area contributed by atoms with Gasteiger partial charge in [0, 0.05) is 31.9 Å². The molecule has 1 fully saturated rings. The van der Waals surface area contributed by atoms with E-state index in [-0.39, 0.29) is 6.09 Å². The van der Waals surface area contributed by atoms with E-state index in [4.69, 9.17) is 10.5 Å². The first-order chi connectivity index (χ1) is 13.8. The average Bonchev–Trinajstić information content (AvgIpc) is 3.02. The van der Waals surface area contributed by atoms with Gasteiger partial charge in [-0.05, 0) is 62.3 Å². The number of likely N-dealkylation sites (tertiary alicyclic amines) is 1. The van der Waals surface area contributed by atoms with Gasteiger partial charge in [-0.2, -0.15) is 0 Å². The van der Waals surface area contributed by atoms with Gasteiger partial charge in [-0.3, -0.25) is 4.90 Å². The smallest absolute Gasteiger partial charge is 0.407 e. The van der Waals surface area contributed by atoms with Crippen molar-refractivity contribution in [2.24, 2.45) is 11.8 Å². The third-order valence-electron chi connectivity index (χ3n) is 5.29. The molecule has 1 saturated heterocycles. The molecule has 0 saturated carbocycles. The Balaban J connectivity index is 1.64. The summed E-state index contributed by atoms with van der Waals surface area (Å²) < 4.78 is 5.41. The van der Waals surface area contributed by atoms with Crippen molar-refractivity contribution >= 4 is 11.8 Å². The Bertz CT molecular complexity index is 784. The summed E-state index contributed by atoms with van der Waals surface area (Å²) in [4.78, 5) is 14.6. The highest BCUT2D eigenvalue weighted by Gasteiger charge is 2.33. The quantitative estimate of drug-likeness (QED) is 0.723. The Morgan fingerprint density at radius 3 is 2.34 bits per heavy atom. The van der Waals surface area contributed by atoms with Crippen LogP contribution in [0.3, 0.4) is 0 Å². The van der Waals surface area contributed by atoms with Crippen molar-refractivity contribution in [1.29, 1.82) is 0 Å². The summed E-state index contributed by atoms with van der Waals surface area (Å²) in [6.45, 7) is 9.18. The lowest BCUT2D eigenvalue weighted by atomic mass is 9.89. The van der Waals surface area contributed by atoms with Crippen LogP contribution in [0.1, 0.15) is 31.9 Å². The van der Waals surface area contributed by atoms with E-state index in [9.17, 15) is 4.79 Å². The molecule has 0 aliphatic carbocycles. The van der Waals surface area contributed by atoms with E-state index in [1.807, 2.05) is 39.0 Å². The number of amides is 1. The monoisotopic (exact) mass is 395 g/mol. The highest BCUT2D eigenvalue weighted by atomic mass is 16.6. The fourth-order valence-electron chi connectivity index (χ4n) is 3.95. The van der Waals surface area contributed by atoms with Gasteiger partial charge in [0.25, 0.3) is 0 Å². The summed E-state index contributed by atoms with van der Waals surface area (Å²) in [5.74, 6) is 0.848. The number of rotatable bonds is 6. The van der Waals surface area contributed by atoms with Crippen LogP contribution >= 0.6 is 0 Å². The molecule has 1 aliphatic heterocycles. The van der Waals surface area contributed by atoms with Crippen LogP contribution in [0, 0.1) is 11.8 Å². The second kappa shape index (κ2) is 9.31. The molecular formula is C24H33N3O2. The number of hydrogen-bond acceptors (Lipinski definition) is 4. The van der Waals surface area contributed by atoms with Gasteiger partial charge in [-0.25, -0.2) is 4.79 Å². The number of benzene rings is 2. The van der Waals surface area contributed by atoms with Crippen molar-refractivity contribution in [2.45, 2.75) is 39.3 Å². The first-order valence-electron chi connectivity index (χ1n) is 10.4. The van der Waals surface area contributed by atoms with Crippen LogP contribution in [0.15, 0.2) is 54.6 Å². The molecule has 3 N–H and O–H groups in total. The number of nitrogens with one attached hydrogen (secondary N) is 1. The molecule has 0 unspecified atom stereocenters. The van der Waals surface area contributed by atoms with Crippen molar-refractivity contribution < 1.29 is 9.53 Å². The second-order valence-electron chi connectivity index (χ2n) is 9.03. The van der Waals surface area contributed by atoms with E-state index < -0.39 is 5.60 Å². The van der Waals surface area contributed by atoms with Crippen molar-refractivity contribution in [1.82, 2.24) is 10.2 Å². The maximum Gasteiger partial charge on any atom is 0.407 e. The molecule has 2 aromatic rings. The molecule has 2 atom stereocenters. The summed E-state index contributed by atoms with van der Waals surface area (Å²) in [6, 6.07) is 18.7. The molecule has 0 spiro atoms. The summed E-state index contributed by atoms with van der Waals surface area (Å²) in [5.41, 5.74) is 8.74. The van der Waals surface area contributed by atoms with Crippen LogP contribution in [-0.2, 0) is 17.7 Å². The number of anilines is 1. The van der Waals surface area contributed by atoms with Crippen LogP contribution in [0.4, 0.5) is 10.5 Å². The number of hydrogen-bond donors (Lipinski definition) is 2. The van der Waals surface area contributed by atoms with Crippen molar-refractivity contribution in [3.05, 3.63) is 65.7 Å². The van der Waals surface area contributed by atoms with Crippen LogP contribution in [-0.4, -0.2) is 36.2 Å². The topological polar surface area (TPSA) is 67.6 Å². The Morgan fingerprint density at radius 1 is 1.03 bits per heavy atom. The van der Waals surface area contributed by atoms with Gasteiger partial charge in [-0.1, -0.05) is 42.5 Å². The first kappa shape index (κ1) is 21.2. The minimum Gasteiger partial charge on any atom is -0.444 e. The largest absolute Gasteiger partial charge is 0.444 e. The molecule has 29 heavy (non-hydrogen) atoms. The van der Waals surface area contributed by atoms with E-state index in [0.717, 1.165) is 31.7 Å². The molecule has 5 heteroatoms.